The van der Waals surface area contributed by atoms with Crippen molar-refractivity contribution in [1.82, 2.24) is 34.0 Å². The molecule has 42 heavy (non-hydrogen) atoms. The van der Waals surface area contributed by atoms with Crippen LogP contribution in [0.15, 0.2) is 85.7 Å². The van der Waals surface area contributed by atoms with Crippen LogP contribution in [0.5, 0.6) is 0 Å². The zero-order valence-corrected chi connectivity index (χ0v) is 25.2. The molecule has 1 aromatic carbocycles. The number of aromatic nitrogens is 6. The van der Waals surface area contributed by atoms with Crippen molar-refractivity contribution >= 4 is 13.2 Å². The Balaban J connectivity index is 0.000000376. The number of likely N-dealkylation sites (tertiary alicyclic amines) is 1. The molecule has 0 N–H and O–H groups in total. The number of piperidine rings is 1. The molecule has 3 aromatic heterocycles. The van der Waals surface area contributed by atoms with Gasteiger partial charge in [0.2, 0.25) is 0 Å². The largest absolute Gasteiger partial charge is 2.00 e. The summed E-state index contributed by atoms with van der Waals surface area (Å²) in [4.78, 5) is 13.8. The van der Waals surface area contributed by atoms with Crippen molar-refractivity contribution in [3.63, 3.8) is 0 Å². The van der Waals surface area contributed by atoms with Crippen molar-refractivity contribution in [2.45, 2.75) is 26.0 Å². The monoisotopic (exact) mass is 656 g/mol. The number of rotatable bonds is 7. The molecule has 2 atom stereocenters. The molecule has 1 aliphatic rings. The van der Waals surface area contributed by atoms with Crippen LogP contribution < -0.4 is 0 Å². The molecule has 1 saturated heterocycles. The maximum absolute atomic E-state index is 12.4. The van der Waals surface area contributed by atoms with Gasteiger partial charge >= 0.3 is 49.8 Å². The summed E-state index contributed by atoms with van der Waals surface area (Å²) >= 11 is 0. The molecular weight excluding hydrogens is 625 g/mol. The minimum absolute atomic E-state index is 0. The topological polar surface area (TPSA) is 141 Å². The van der Waals surface area contributed by atoms with E-state index in [9.17, 15) is 4.79 Å². The van der Waals surface area contributed by atoms with Gasteiger partial charge in [0, 0.05) is 45.1 Å². The fourth-order valence-electron chi connectivity index (χ4n) is 3.86. The number of benzene rings is 1. The summed E-state index contributed by atoms with van der Waals surface area (Å²) < 4.78 is 36.4. The van der Waals surface area contributed by atoms with Gasteiger partial charge in [-0.25, -0.2) is 20.1 Å². The Bertz CT molecular complexity index is 1190. The third kappa shape index (κ3) is 9.97. The van der Waals surface area contributed by atoms with Crippen LogP contribution in [-0.2, 0) is 51.2 Å². The van der Waals surface area contributed by atoms with E-state index in [0.29, 0.717) is 0 Å². The zero-order valence-electron chi connectivity index (χ0n) is 23.2. The number of methoxy groups -OCH3 is 2. The Morgan fingerprint density at radius 2 is 1.36 bits per heavy atom. The van der Waals surface area contributed by atoms with Crippen molar-refractivity contribution in [1.29, 1.82) is 0 Å². The predicted molar refractivity (Wildman–Crippen MR) is 144 cm³/mol. The first kappa shape index (κ1) is 36.3. The molecule has 0 bridgehead atoms. The van der Waals surface area contributed by atoms with Crippen LogP contribution in [0.2, 0.25) is 0 Å². The van der Waals surface area contributed by atoms with Crippen molar-refractivity contribution in [2.24, 2.45) is 0 Å². The quantitative estimate of drug-likeness (QED) is 0.170. The predicted octanol–water partition coefficient (Wildman–Crippen LogP) is 2.71. The first-order valence-electron chi connectivity index (χ1n) is 12.1. The number of carbonyl (C=O) groups is 1. The van der Waals surface area contributed by atoms with E-state index in [2.05, 4.69) is 28.6 Å². The summed E-state index contributed by atoms with van der Waals surface area (Å²) in [7, 11) is 2.90. The summed E-state index contributed by atoms with van der Waals surface area (Å²) in [5, 5.41) is 12.7. The SMILES string of the molecule is CO[C@@H]1[CH][CH][C](C)[C@H](OC)N1C(=O)OCc1ccccc1.[C-]#[O+].[C-]#[O+].[Mo+2].c1cnn([B-](n2cccn2)n2cccn2)c1. The standard InChI is InChI=1S/C16H20NO4.C9H9BN6.2CO.Mo/c1-12-9-10-14(19-2)17(15(12)20-3)16(18)21-11-13-7-5-4-6-8-13;1-4-11-14(7-1)10(15-8-2-5-12-15)16-9-3-6-13-16;2*1-2;/h4-10,14-15H,11H2,1-3H3;1-9H;;;/q;-1;;;+2/t14-,15+;;;;/m1..../s1. The maximum atomic E-state index is 12.4. The molecule has 13 nitrogen and oxygen atoms in total. The van der Waals surface area contributed by atoms with E-state index in [1.807, 2.05) is 80.5 Å². The van der Waals surface area contributed by atoms with Gasteiger partial charge < -0.3 is 28.0 Å². The molecule has 0 unspecified atom stereocenters. The third-order valence-electron chi connectivity index (χ3n) is 5.61. The summed E-state index contributed by atoms with van der Waals surface area (Å²) in [5.41, 5.74) is 0.932. The van der Waals surface area contributed by atoms with Crippen molar-refractivity contribution in [3.8, 4) is 0 Å². The second kappa shape index (κ2) is 20.2. The Hall–Kier alpha value is -3.73. The van der Waals surface area contributed by atoms with Gasteiger partial charge in [-0.1, -0.05) is 37.3 Å². The zero-order chi connectivity index (χ0) is 30.0. The van der Waals surface area contributed by atoms with E-state index in [4.69, 9.17) is 23.5 Å². The minimum Gasteiger partial charge on any atom is -0.425 e. The Labute approximate surface area is 259 Å². The summed E-state index contributed by atoms with van der Waals surface area (Å²) in [6.07, 6.45) is 13.1. The van der Waals surface area contributed by atoms with Crippen molar-refractivity contribution in [2.75, 3.05) is 14.2 Å². The van der Waals surface area contributed by atoms with Crippen LogP contribution in [0.4, 0.5) is 4.79 Å². The van der Waals surface area contributed by atoms with Gasteiger partial charge in [-0.2, -0.15) is 0 Å². The maximum Gasteiger partial charge on any atom is 2.00 e. The van der Waals surface area contributed by atoms with Crippen LogP contribution in [0.25, 0.3) is 0 Å². The average Bonchev–Trinajstić information content (AvgIpc) is 3.85. The molecule has 1 amide bonds. The van der Waals surface area contributed by atoms with Gasteiger partial charge in [0.1, 0.15) is 19.1 Å². The molecule has 0 aliphatic carbocycles. The van der Waals surface area contributed by atoms with E-state index >= 15 is 0 Å². The van der Waals surface area contributed by atoms with Crippen LogP contribution in [0, 0.1) is 32.1 Å². The first-order valence-corrected chi connectivity index (χ1v) is 12.1. The molecule has 0 spiro atoms. The first-order chi connectivity index (χ1) is 20.1. The van der Waals surface area contributed by atoms with Gasteiger partial charge in [-0.15, -0.1) is 0 Å². The van der Waals surface area contributed by atoms with E-state index in [-0.39, 0.29) is 34.8 Å². The Morgan fingerprint density at radius 3 is 1.76 bits per heavy atom. The average molecular weight is 654 g/mol. The molecule has 5 rings (SSSR count). The fourth-order valence-corrected chi connectivity index (χ4v) is 3.86. The molecule has 1 fully saturated rings. The van der Waals surface area contributed by atoms with Crippen LogP contribution in [0.1, 0.15) is 12.5 Å². The molecule has 216 valence electrons. The van der Waals surface area contributed by atoms with Gasteiger partial charge in [0.15, 0.2) is 0 Å². The molecule has 4 radical (unpaired) electrons. The number of carbonyl (C=O) groups excluding carboxylic acids is 1. The second-order valence-electron chi connectivity index (χ2n) is 8.07. The number of amides is 1. The van der Waals surface area contributed by atoms with E-state index < -0.39 is 18.5 Å². The van der Waals surface area contributed by atoms with E-state index in [1.54, 1.807) is 53.0 Å². The van der Waals surface area contributed by atoms with Crippen molar-refractivity contribution < 1.29 is 49.4 Å². The molecule has 4 heterocycles. The second-order valence-corrected chi connectivity index (χ2v) is 8.07. The normalized spacial score (nSPS) is 15.9. The number of hydrogen-bond acceptors (Lipinski definition) is 7. The van der Waals surface area contributed by atoms with Gasteiger partial charge in [-0.05, 0) is 48.8 Å². The molecule has 1 aliphatic heterocycles. The minimum atomic E-state index is -0.498. The van der Waals surface area contributed by atoms with Gasteiger partial charge in [-0.3, -0.25) is 4.90 Å². The van der Waals surface area contributed by atoms with E-state index in [0.717, 1.165) is 11.5 Å². The summed E-state index contributed by atoms with van der Waals surface area (Å²) in [5.74, 6) is 0.919. The van der Waals surface area contributed by atoms with Crippen LogP contribution in [0.3, 0.4) is 0 Å². The molecule has 4 aromatic rings. The molecule has 15 heteroatoms. The number of hydrogen-bond donors (Lipinski definition) is 0. The van der Waals surface area contributed by atoms with Crippen LogP contribution >= 0.6 is 0 Å². The Kier molecular flexibility index (Phi) is 17.5. The van der Waals surface area contributed by atoms with E-state index in [1.165, 1.54) is 4.90 Å². The van der Waals surface area contributed by atoms with Gasteiger partial charge in [0.25, 0.3) is 7.12 Å². The molecular formula is C27H29BMoN7O6+. The summed E-state index contributed by atoms with van der Waals surface area (Å²) in [6, 6.07) is 15.2. The third-order valence-corrected chi connectivity index (χ3v) is 5.61. The fraction of sp³-hybridized carbons (Fsp3) is 0.222. The summed E-state index contributed by atoms with van der Waals surface area (Å²) in [6.45, 7) is 11.1. The smallest absolute Gasteiger partial charge is 0.425 e. The number of ether oxygens (including phenoxy) is 3. The van der Waals surface area contributed by atoms with Gasteiger partial charge in [0.05, 0.1) is 0 Å². The van der Waals surface area contributed by atoms with Crippen molar-refractivity contribution in [3.05, 3.63) is 123 Å². The molecule has 0 saturated carbocycles. The number of nitrogens with zero attached hydrogens (tertiary/aromatic N) is 7. The van der Waals surface area contributed by atoms with Crippen LogP contribution in [-0.4, -0.2) is 73.9 Å². The Morgan fingerprint density at radius 1 is 0.857 bits per heavy atom.